The molecule has 1 unspecified atom stereocenters. The lowest BCUT2D eigenvalue weighted by atomic mass is 10.0. The van der Waals surface area contributed by atoms with Crippen LogP contribution in [-0.4, -0.2) is 54.2 Å². The maximum atomic E-state index is 12.8. The molecule has 8 heteroatoms. The molecule has 1 atom stereocenters. The molecule has 3 aliphatic rings. The van der Waals surface area contributed by atoms with Crippen LogP contribution in [0, 0.1) is 0 Å². The van der Waals surface area contributed by atoms with Crippen LogP contribution in [0.15, 0.2) is 29.8 Å². The Bertz CT molecular complexity index is 884. The fourth-order valence-corrected chi connectivity index (χ4v) is 3.85. The number of fused-ring (bicyclic) bond motifs is 1. The van der Waals surface area contributed by atoms with Gasteiger partial charge in [0.15, 0.2) is 0 Å². The topological polar surface area (TPSA) is 108 Å². The van der Waals surface area contributed by atoms with E-state index in [4.69, 9.17) is 0 Å². The number of hydrogen-bond acceptors (Lipinski definition) is 6. The van der Waals surface area contributed by atoms with Crippen LogP contribution in [0.3, 0.4) is 0 Å². The minimum absolute atomic E-state index is 0.112. The number of carbonyl (C=O) groups excluding carboxylic acids is 4. The molecule has 3 aliphatic heterocycles. The molecule has 4 rings (SSSR count). The Labute approximate surface area is 162 Å². The standard InChI is InChI=1S/C20H22N4O4/c25-17-4-3-16(18(26)23-17)24-19(27)14-2-1-13(11-15(14)20(24)28)22-10-7-12-5-8-21-9-6-12/h1-2,7,11,16,21-22H,3-6,8-10H2,(H,23,25,26). The summed E-state index contributed by atoms with van der Waals surface area (Å²) in [6.07, 6.45) is 4.51. The first-order valence-corrected chi connectivity index (χ1v) is 9.53. The minimum atomic E-state index is -0.939. The third-order valence-electron chi connectivity index (χ3n) is 5.38. The molecular formula is C20H22N4O4. The average Bonchev–Trinajstić information content (AvgIpc) is 2.93. The number of amides is 4. The first kappa shape index (κ1) is 18.4. The molecule has 2 saturated heterocycles. The van der Waals surface area contributed by atoms with Crippen LogP contribution in [0.1, 0.15) is 46.4 Å². The summed E-state index contributed by atoms with van der Waals surface area (Å²) in [5.74, 6) is -1.96. The molecule has 8 nitrogen and oxygen atoms in total. The smallest absolute Gasteiger partial charge is 0.262 e. The van der Waals surface area contributed by atoms with Gasteiger partial charge in [-0.1, -0.05) is 11.6 Å². The quantitative estimate of drug-likeness (QED) is 0.525. The van der Waals surface area contributed by atoms with Gasteiger partial charge in [0.25, 0.3) is 11.8 Å². The van der Waals surface area contributed by atoms with Crippen molar-refractivity contribution in [2.75, 3.05) is 25.0 Å². The normalized spacial score (nSPS) is 22.2. The number of nitrogens with zero attached hydrogens (tertiary/aromatic N) is 1. The van der Waals surface area contributed by atoms with Gasteiger partial charge in [0.1, 0.15) is 6.04 Å². The summed E-state index contributed by atoms with van der Waals surface area (Å²) in [6.45, 7) is 2.64. The molecule has 0 saturated carbocycles. The SMILES string of the molecule is O=C1CCC(N2C(=O)c3ccc(NCC=C4CCNCC4)cc3C2=O)C(=O)N1. The fraction of sp³-hybridized carbons (Fsp3) is 0.400. The van der Waals surface area contributed by atoms with E-state index in [1.54, 1.807) is 18.2 Å². The minimum Gasteiger partial charge on any atom is -0.382 e. The van der Waals surface area contributed by atoms with Crippen LogP contribution in [-0.2, 0) is 9.59 Å². The van der Waals surface area contributed by atoms with E-state index in [0.29, 0.717) is 6.54 Å². The van der Waals surface area contributed by atoms with Crippen molar-refractivity contribution in [1.82, 2.24) is 15.5 Å². The van der Waals surface area contributed by atoms with Gasteiger partial charge in [-0.25, -0.2) is 0 Å². The Hall–Kier alpha value is -3.00. The molecule has 0 spiro atoms. The fourth-order valence-electron chi connectivity index (χ4n) is 3.85. The second kappa shape index (κ2) is 7.55. The Morgan fingerprint density at radius 3 is 2.54 bits per heavy atom. The number of nitrogens with one attached hydrogen (secondary N) is 3. The van der Waals surface area contributed by atoms with Gasteiger partial charge in [0.2, 0.25) is 11.8 Å². The Kier molecular flexibility index (Phi) is 4.95. The molecule has 0 aromatic heterocycles. The zero-order chi connectivity index (χ0) is 19.7. The highest BCUT2D eigenvalue weighted by Crippen LogP contribution is 2.29. The lowest BCUT2D eigenvalue weighted by molar-refractivity contribution is -0.136. The van der Waals surface area contributed by atoms with Crippen molar-refractivity contribution in [3.05, 3.63) is 41.0 Å². The van der Waals surface area contributed by atoms with Crippen LogP contribution in [0.2, 0.25) is 0 Å². The first-order chi connectivity index (χ1) is 13.5. The maximum Gasteiger partial charge on any atom is 0.262 e. The van der Waals surface area contributed by atoms with Crippen molar-refractivity contribution in [3.63, 3.8) is 0 Å². The Morgan fingerprint density at radius 1 is 1.04 bits per heavy atom. The van der Waals surface area contributed by atoms with Crippen molar-refractivity contribution in [2.24, 2.45) is 0 Å². The third-order valence-corrected chi connectivity index (χ3v) is 5.38. The van der Waals surface area contributed by atoms with Crippen LogP contribution in [0.5, 0.6) is 0 Å². The predicted octanol–water partition coefficient (Wildman–Crippen LogP) is 0.809. The lowest BCUT2D eigenvalue weighted by Crippen LogP contribution is -2.54. The molecule has 3 N–H and O–H groups in total. The molecule has 0 bridgehead atoms. The molecular weight excluding hydrogens is 360 g/mol. The monoisotopic (exact) mass is 382 g/mol. The molecule has 28 heavy (non-hydrogen) atoms. The van der Waals surface area contributed by atoms with E-state index >= 15 is 0 Å². The van der Waals surface area contributed by atoms with Crippen LogP contribution >= 0.6 is 0 Å². The van der Waals surface area contributed by atoms with E-state index in [0.717, 1.165) is 36.5 Å². The van der Waals surface area contributed by atoms with E-state index in [2.05, 4.69) is 22.0 Å². The van der Waals surface area contributed by atoms with E-state index < -0.39 is 23.8 Å². The van der Waals surface area contributed by atoms with Crippen molar-refractivity contribution in [1.29, 1.82) is 0 Å². The summed E-state index contributed by atoms with van der Waals surface area (Å²) >= 11 is 0. The van der Waals surface area contributed by atoms with Gasteiger partial charge in [0.05, 0.1) is 11.1 Å². The van der Waals surface area contributed by atoms with E-state index in [1.165, 1.54) is 5.57 Å². The van der Waals surface area contributed by atoms with Gasteiger partial charge in [-0.15, -0.1) is 0 Å². The number of rotatable bonds is 4. The summed E-state index contributed by atoms with van der Waals surface area (Å²) in [7, 11) is 0. The van der Waals surface area contributed by atoms with Crippen molar-refractivity contribution >= 4 is 29.3 Å². The summed E-state index contributed by atoms with van der Waals surface area (Å²) in [4.78, 5) is 49.9. The molecule has 1 aromatic carbocycles. The first-order valence-electron chi connectivity index (χ1n) is 9.53. The lowest BCUT2D eigenvalue weighted by Gasteiger charge is -2.27. The maximum absolute atomic E-state index is 12.8. The number of imide groups is 2. The highest BCUT2D eigenvalue weighted by molar-refractivity contribution is 6.23. The summed E-state index contributed by atoms with van der Waals surface area (Å²) < 4.78 is 0. The van der Waals surface area contributed by atoms with Gasteiger partial charge in [-0.3, -0.25) is 29.4 Å². The molecule has 146 valence electrons. The Balaban J connectivity index is 1.47. The number of carbonyl (C=O) groups is 4. The van der Waals surface area contributed by atoms with Gasteiger partial charge < -0.3 is 10.6 Å². The molecule has 2 fully saturated rings. The third kappa shape index (κ3) is 3.43. The summed E-state index contributed by atoms with van der Waals surface area (Å²) in [5.41, 5.74) is 2.73. The van der Waals surface area contributed by atoms with Crippen LogP contribution < -0.4 is 16.0 Å². The van der Waals surface area contributed by atoms with Gasteiger partial charge in [-0.05, 0) is 50.6 Å². The second-order valence-electron chi connectivity index (χ2n) is 7.20. The summed E-state index contributed by atoms with van der Waals surface area (Å²) in [5, 5.41) is 8.77. The number of piperidine rings is 2. The van der Waals surface area contributed by atoms with E-state index in [-0.39, 0.29) is 29.9 Å². The zero-order valence-electron chi connectivity index (χ0n) is 15.4. The van der Waals surface area contributed by atoms with Crippen molar-refractivity contribution < 1.29 is 19.2 Å². The van der Waals surface area contributed by atoms with Gasteiger partial charge >= 0.3 is 0 Å². The molecule has 4 amide bonds. The largest absolute Gasteiger partial charge is 0.382 e. The van der Waals surface area contributed by atoms with Crippen molar-refractivity contribution in [3.8, 4) is 0 Å². The summed E-state index contributed by atoms with van der Waals surface area (Å²) in [6, 6.07) is 4.09. The molecule has 1 aromatic rings. The van der Waals surface area contributed by atoms with Gasteiger partial charge in [-0.2, -0.15) is 0 Å². The number of hydrogen-bond donors (Lipinski definition) is 3. The van der Waals surface area contributed by atoms with Crippen LogP contribution in [0.4, 0.5) is 5.69 Å². The van der Waals surface area contributed by atoms with E-state index in [1.807, 2.05) is 0 Å². The predicted molar refractivity (Wildman–Crippen MR) is 102 cm³/mol. The van der Waals surface area contributed by atoms with E-state index in [9.17, 15) is 19.2 Å². The van der Waals surface area contributed by atoms with Crippen LogP contribution in [0.25, 0.3) is 0 Å². The number of anilines is 1. The second-order valence-corrected chi connectivity index (χ2v) is 7.20. The zero-order valence-corrected chi connectivity index (χ0v) is 15.4. The van der Waals surface area contributed by atoms with Gasteiger partial charge in [0, 0.05) is 18.7 Å². The molecule has 3 heterocycles. The van der Waals surface area contributed by atoms with Crippen molar-refractivity contribution in [2.45, 2.75) is 31.7 Å². The number of benzene rings is 1. The molecule has 0 radical (unpaired) electrons. The average molecular weight is 382 g/mol. The highest BCUT2D eigenvalue weighted by atomic mass is 16.2. The molecule has 0 aliphatic carbocycles. The highest BCUT2D eigenvalue weighted by Gasteiger charge is 2.44. The Morgan fingerprint density at radius 2 is 1.79 bits per heavy atom.